The molecule has 106 valence electrons. The molecule has 0 saturated carbocycles. The van der Waals surface area contributed by atoms with Gasteiger partial charge in [-0.15, -0.1) is 0 Å². The van der Waals surface area contributed by atoms with Gasteiger partial charge < -0.3 is 10.1 Å². The highest BCUT2D eigenvalue weighted by molar-refractivity contribution is 6.30. The molecule has 0 aliphatic carbocycles. The lowest BCUT2D eigenvalue weighted by Gasteiger charge is -2.13. The molecule has 4 heteroatoms. The molecule has 0 atom stereocenters. The number of halogens is 2. The normalized spacial score (nSPS) is 10.4. The molecule has 2 aromatic rings. The summed E-state index contributed by atoms with van der Waals surface area (Å²) < 4.78 is 18.8. The molecule has 0 bridgehead atoms. The fraction of sp³-hybridized carbons (Fsp3) is 0.250. The molecule has 0 amide bonds. The number of hydrogen-bond acceptors (Lipinski definition) is 2. The first kappa shape index (κ1) is 14.7. The number of ether oxygens (including phenoxy) is 1. The molecule has 0 heterocycles. The second-order valence-corrected chi connectivity index (χ2v) is 4.95. The van der Waals surface area contributed by atoms with Crippen molar-refractivity contribution in [2.75, 3.05) is 11.9 Å². The molecule has 0 fully saturated rings. The Bertz CT molecular complexity index is 601. The van der Waals surface area contributed by atoms with Gasteiger partial charge >= 0.3 is 0 Å². The zero-order chi connectivity index (χ0) is 14.5. The van der Waals surface area contributed by atoms with Gasteiger partial charge in [-0.2, -0.15) is 0 Å². The van der Waals surface area contributed by atoms with Crippen molar-refractivity contribution in [3.05, 3.63) is 58.4 Å². The van der Waals surface area contributed by atoms with Gasteiger partial charge in [-0.25, -0.2) is 4.39 Å². The van der Waals surface area contributed by atoms with Gasteiger partial charge in [0.1, 0.15) is 11.6 Å². The van der Waals surface area contributed by atoms with Crippen molar-refractivity contribution in [1.29, 1.82) is 0 Å². The van der Waals surface area contributed by atoms with Gasteiger partial charge in [0.05, 0.1) is 12.3 Å². The maximum Gasteiger partial charge on any atom is 0.142 e. The Morgan fingerprint density at radius 1 is 1.20 bits per heavy atom. The molecule has 0 spiro atoms. The molecular weight excluding hydrogens is 277 g/mol. The number of rotatable bonds is 5. The molecule has 20 heavy (non-hydrogen) atoms. The van der Waals surface area contributed by atoms with E-state index in [2.05, 4.69) is 5.32 Å². The highest BCUT2D eigenvalue weighted by Gasteiger charge is 2.05. The number of benzene rings is 2. The van der Waals surface area contributed by atoms with Crippen LogP contribution < -0.4 is 10.1 Å². The Balaban J connectivity index is 2.13. The van der Waals surface area contributed by atoms with Gasteiger partial charge in [-0.1, -0.05) is 23.7 Å². The van der Waals surface area contributed by atoms with E-state index >= 15 is 0 Å². The van der Waals surface area contributed by atoms with Crippen LogP contribution in [0.4, 0.5) is 10.1 Å². The third-order valence-electron chi connectivity index (χ3n) is 2.95. The van der Waals surface area contributed by atoms with Crippen LogP contribution in [0.5, 0.6) is 5.75 Å². The van der Waals surface area contributed by atoms with E-state index in [1.807, 2.05) is 25.1 Å². The van der Waals surface area contributed by atoms with Gasteiger partial charge in [-0.3, -0.25) is 0 Å². The number of anilines is 1. The fourth-order valence-electron chi connectivity index (χ4n) is 1.94. The van der Waals surface area contributed by atoms with Gasteiger partial charge in [0.2, 0.25) is 0 Å². The van der Waals surface area contributed by atoms with E-state index in [9.17, 15) is 4.39 Å². The summed E-state index contributed by atoms with van der Waals surface area (Å²) in [6, 6.07) is 10.5. The van der Waals surface area contributed by atoms with Crippen molar-refractivity contribution in [3.8, 4) is 5.75 Å². The summed E-state index contributed by atoms with van der Waals surface area (Å²) in [4.78, 5) is 0. The van der Waals surface area contributed by atoms with E-state index in [0.29, 0.717) is 23.7 Å². The van der Waals surface area contributed by atoms with Crippen LogP contribution in [0.2, 0.25) is 5.02 Å². The maximum absolute atomic E-state index is 13.2. The second kappa shape index (κ2) is 6.62. The summed E-state index contributed by atoms with van der Waals surface area (Å²) >= 11 is 6.00. The van der Waals surface area contributed by atoms with Crippen molar-refractivity contribution in [2.24, 2.45) is 0 Å². The fourth-order valence-corrected chi connectivity index (χ4v) is 2.11. The van der Waals surface area contributed by atoms with Crippen LogP contribution in [0.15, 0.2) is 36.4 Å². The molecule has 2 nitrogen and oxygen atoms in total. The Morgan fingerprint density at radius 2 is 2.00 bits per heavy atom. The largest absolute Gasteiger partial charge is 0.492 e. The van der Waals surface area contributed by atoms with Crippen LogP contribution in [-0.2, 0) is 6.54 Å². The number of nitrogens with one attached hydrogen (secondary N) is 1. The Hall–Kier alpha value is -1.74. The average Bonchev–Trinajstić information content (AvgIpc) is 2.43. The monoisotopic (exact) mass is 293 g/mol. The van der Waals surface area contributed by atoms with Gasteiger partial charge in [0.25, 0.3) is 0 Å². The van der Waals surface area contributed by atoms with E-state index in [0.717, 1.165) is 17.0 Å². The molecule has 2 rings (SSSR count). The number of hydrogen-bond donors (Lipinski definition) is 1. The van der Waals surface area contributed by atoms with E-state index in [-0.39, 0.29) is 5.82 Å². The van der Waals surface area contributed by atoms with E-state index in [1.165, 1.54) is 6.07 Å². The minimum Gasteiger partial charge on any atom is -0.492 e. The molecule has 2 aromatic carbocycles. The Kier molecular flexibility index (Phi) is 4.85. The topological polar surface area (TPSA) is 21.3 Å². The third-order valence-corrected chi connectivity index (χ3v) is 3.18. The van der Waals surface area contributed by atoms with Crippen LogP contribution in [0.3, 0.4) is 0 Å². The molecular formula is C16H17ClFNO. The zero-order valence-electron chi connectivity index (χ0n) is 11.5. The molecule has 0 aromatic heterocycles. The molecule has 0 aliphatic heterocycles. The Labute approximate surface area is 123 Å². The first-order valence-corrected chi connectivity index (χ1v) is 6.89. The van der Waals surface area contributed by atoms with Crippen molar-refractivity contribution in [1.82, 2.24) is 0 Å². The highest BCUT2D eigenvalue weighted by Crippen LogP contribution is 2.28. The summed E-state index contributed by atoms with van der Waals surface area (Å²) in [6.07, 6.45) is 0. The number of aryl methyl sites for hydroxylation is 1. The standard InChI is InChI=1S/C16H17ClFNO/c1-3-20-16-7-5-13(17)9-15(16)19-10-12-4-6-14(18)11(2)8-12/h4-9,19H,3,10H2,1-2H3. The van der Waals surface area contributed by atoms with Crippen molar-refractivity contribution in [3.63, 3.8) is 0 Å². The van der Waals surface area contributed by atoms with E-state index in [4.69, 9.17) is 16.3 Å². The minimum atomic E-state index is -0.188. The predicted octanol–water partition coefficient (Wildman–Crippen LogP) is 4.80. The quantitative estimate of drug-likeness (QED) is 0.855. The SMILES string of the molecule is CCOc1ccc(Cl)cc1NCc1ccc(F)c(C)c1. The zero-order valence-corrected chi connectivity index (χ0v) is 12.3. The molecule has 0 unspecified atom stereocenters. The van der Waals surface area contributed by atoms with Crippen LogP contribution in [-0.4, -0.2) is 6.61 Å². The minimum absolute atomic E-state index is 0.188. The summed E-state index contributed by atoms with van der Waals surface area (Å²) in [5.41, 5.74) is 2.48. The van der Waals surface area contributed by atoms with Crippen LogP contribution in [0, 0.1) is 12.7 Å². The lowest BCUT2D eigenvalue weighted by atomic mass is 10.1. The highest BCUT2D eigenvalue weighted by atomic mass is 35.5. The average molecular weight is 294 g/mol. The lowest BCUT2D eigenvalue weighted by Crippen LogP contribution is -2.03. The Morgan fingerprint density at radius 3 is 2.70 bits per heavy atom. The molecule has 0 radical (unpaired) electrons. The van der Waals surface area contributed by atoms with Crippen LogP contribution >= 0.6 is 11.6 Å². The first-order chi connectivity index (χ1) is 9.60. The molecule has 0 saturated heterocycles. The summed E-state index contributed by atoms with van der Waals surface area (Å²) in [5, 5.41) is 3.91. The van der Waals surface area contributed by atoms with Gasteiger partial charge in [-0.05, 0) is 49.2 Å². The first-order valence-electron chi connectivity index (χ1n) is 6.51. The predicted molar refractivity (Wildman–Crippen MR) is 81.1 cm³/mol. The summed E-state index contributed by atoms with van der Waals surface area (Å²) in [6.45, 7) is 4.86. The van der Waals surface area contributed by atoms with Crippen molar-refractivity contribution < 1.29 is 9.13 Å². The maximum atomic E-state index is 13.2. The summed E-state index contributed by atoms with van der Waals surface area (Å²) in [7, 11) is 0. The second-order valence-electron chi connectivity index (χ2n) is 4.51. The lowest BCUT2D eigenvalue weighted by molar-refractivity contribution is 0.341. The smallest absolute Gasteiger partial charge is 0.142 e. The van der Waals surface area contributed by atoms with Gasteiger partial charge in [0, 0.05) is 11.6 Å². The van der Waals surface area contributed by atoms with E-state index < -0.39 is 0 Å². The van der Waals surface area contributed by atoms with Crippen LogP contribution in [0.25, 0.3) is 0 Å². The third kappa shape index (κ3) is 3.64. The molecule has 0 aliphatic rings. The van der Waals surface area contributed by atoms with Crippen LogP contribution in [0.1, 0.15) is 18.1 Å². The van der Waals surface area contributed by atoms with Gasteiger partial charge in [0.15, 0.2) is 0 Å². The van der Waals surface area contributed by atoms with Crippen molar-refractivity contribution >= 4 is 17.3 Å². The molecule has 1 N–H and O–H groups in total. The van der Waals surface area contributed by atoms with E-state index in [1.54, 1.807) is 19.1 Å². The van der Waals surface area contributed by atoms with Crippen molar-refractivity contribution in [2.45, 2.75) is 20.4 Å². The summed E-state index contributed by atoms with van der Waals surface area (Å²) in [5.74, 6) is 0.572.